The molecule has 1 heterocycles. The van der Waals surface area contributed by atoms with Crippen molar-refractivity contribution in [3.63, 3.8) is 0 Å². The zero-order chi connectivity index (χ0) is 22.4. The van der Waals surface area contributed by atoms with Gasteiger partial charge in [0.2, 0.25) is 5.78 Å². The van der Waals surface area contributed by atoms with Crippen LogP contribution in [0.4, 0.5) is 5.69 Å². The van der Waals surface area contributed by atoms with E-state index in [9.17, 15) is 19.2 Å². The van der Waals surface area contributed by atoms with E-state index in [0.29, 0.717) is 10.6 Å². The molecule has 0 spiro atoms. The Hall–Kier alpha value is -3.78. The van der Waals surface area contributed by atoms with Gasteiger partial charge in [0.25, 0.3) is 5.91 Å². The molecule has 1 amide bonds. The first-order valence-electron chi connectivity index (χ1n) is 9.24. The van der Waals surface area contributed by atoms with Gasteiger partial charge in [-0.05, 0) is 42.1 Å². The molecule has 3 rings (SSSR count). The number of rotatable bonds is 7. The van der Waals surface area contributed by atoms with E-state index < -0.39 is 24.5 Å². The number of benzene rings is 2. The molecule has 0 saturated carbocycles. The quantitative estimate of drug-likeness (QED) is 0.445. The summed E-state index contributed by atoms with van der Waals surface area (Å²) in [7, 11) is 1.26. The van der Waals surface area contributed by atoms with Crippen molar-refractivity contribution in [3.8, 4) is 0 Å². The van der Waals surface area contributed by atoms with Crippen LogP contribution in [0.1, 0.15) is 41.5 Å². The van der Waals surface area contributed by atoms with Gasteiger partial charge in [0.15, 0.2) is 6.61 Å². The van der Waals surface area contributed by atoms with E-state index in [1.807, 2.05) is 0 Å². The Morgan fingerprint density at radius 1 is 0.935 bits per heavy atom. The molecule has 0 fully saturated rings. The monoisotopic (exact) mass is 437 g/mol. The lowest BCUT2D eigenvalue weighted by Crippen LogP contribution is -2.22. The highest BCUT2D eigenvalue weighted by Gasteiger charge is 2.20. The van der Waals surface area contributed by atoms with E-state index in [4.69, 9.17) is 4.74 Å². The molecule has 1 N–H and O–H groups in total. The first-order chi connectivity index (χ1) is 14.9. The fourth-order valence-electron chi connectivity index (χ4n) is 2.80. The van der Waals surface area contributed by atoms with Crippen molar-refractivity contribution in [2.24, 2.45) is 0 Å². The van der Waals surface area contributed by atoms with Gasteiger partial charge >= 0.3 is 11.9 Å². The van der Waals surface area contributed by atoms with E-state index in [2.05, 4.69) is 10.1 Å². The van der Waals surface area contributed by atoms with Gasteiger partial charge in [-0.15, -0.1) is 11.3 Å². The minimum absolute atomic E-state index is 0.0811. The largest absolute Gasteiger partial charge is 0.465 e. The molecule has 0 aliphatic rings. The maximum Gasteiger partial charge on any atom is 0.339 e. The second kappa shape index (κ2) is 9.82. The van der Waals surface area contributed by atoms with Crippen molar-refractivity contribution < 1.29 is 28.7 Å². The summed E-state index contributed by atoms with van der Waals surface area (Å²) >= 11 is 1.27. The molecule has 0 atom stereocenters. The van der Waals surface area contributed by atoms with Crippen molar-refractivity contribution in [1.82, 2.24) is 0 Å². The highest BCUT2D eigenvalue weighted by molar-refractivity contribution is 7.12. The Morgan fingerprint density at radius 3 is 2.35 bits per heavy atom. The molecule has 1 aromatic heterocycles. The molecule has 0 unspecified atom stereocenters. The Morgan fingerprint density at radius 2 is 1.68 bits per heavy atom. The van der Waals surface area contributed by atoms with Crippen LogP contribution in [0.3, 0.4) is 0 Å². The standard InChI is InChI=1S/C23H19NO6S/c1-14-9-10-15(22(27)29-2)12-18(14)24-20(25)13-30-23(28)17-7-4-3-6-16(17)21(26)19-8-5-11-31-19/h3-12H,13H2,1-2H3,(H,24,25). The number of aryl methyl sites for hydroxylation is 1. The maximum atomic E-state index is 12.6. The zero-order valence-electron chi connectivity index (χ0n) is 16.8. The molecule has 0 bridgehead atoms. The van der Waals surface area contributed by atoms with Crippen LogP contribution in [0.15, 0.2) is 60.0 Å². The molecule has 0 aliphatic carbocycles. The fourth-order valence-corrected chi connectivity index (χ4v) is 3.47. The van der Waals surface area contributed by atoms with Crippen LogP contribution in [-0.4, -0.2) is 37.3 Å². The van der Waals surface area contributed by atoms with Crippen LogP contribution in [0.2, 0.25) is 0 Å². The lowest BCUT2D eigenvalue weighted by atomic mass is 10.0. The third kappa shape index (κ3) is 5.23. The molecule has 3 aromatic rings. The average molecular weight is 437 g/mol. The van der Waals surface area contributed by atoms with Crippen LogP contribution >= 0.6 is 11.3 Å². The minimum Gasteiger partial charge on any atom is -0.465 e. The molecular weight excluding hydrogens is 418 g/mol. The zero-order valence-corrected chi connectivity index (χ0v) is 17.7. The third-order valence-corrected chi connectivity index (χ3v) is 5.27. The van der Waals surface area contributed by atoms with Crippen LogP contribution < -0.4 is 5.32 Å². The summed E-state index contributed by atoms with van der Waals surface area (Å²) in [6.07, 6.45) is 0. The normalized spacial score (nSPS) is 10.3. The lowest BCUT2D eigenvalue weighted by molar-refractivity contribution is -0.119. The van der Waals surface area contributed by atoms with Crippen molar-refractivity contribution >= 4 is 40.7 Å². The number of ether oxygens (including phenoxy) is 2. The number of carbonyl (C=O) groups excluding carboxylic acids is 4. The summed E-state index contributed by atoms with van der Waals surface area (Å²) in [5, 5.41) is 4.38. The number of anilines is 1. The maximum absolute atomic E-state index is 12.6. The Labute approximate surface area is 182 Å². The van der Waals surface area contributed by atoms with Gasteiger partial charge in [-0.2, -0.15) is 0 Å². The summed E-state index contributed by atoms with van der Waals surface area (Å²) in [5.41, 5.74) is 1.69. The van der Waals surface area contributed by atoms with Crippen LogP contribution in [0.5, 0.6) is 0 Å². The predicted octanol–water partition coefficient (Wildman–Crippen LogP) is 3.87. The molecule has 0 saturated heterocycles. The molecule has 31 heavy (non-hydrogen) atoms. The highest BCUT2D eigenvalue weighted by atomic mass is 32.1. The van der Waals surface area contributed by atoms with Gasteiger partial charge in [-0.3, -0.25) is 9.59 Å². The predicted molar refractivity (Wildman–Crippen MR) is 116 cm³/mol. The molecule has 158 valence electrons. The summed E-state index contributed by atoms with van der Waals surface area (Å²) < 4.78 is 9.79. The second-order valence-electron chi connectivity index (χ2n) is 6.50. The van der Waals surface area contributed by atoms with Gasteiger partial charge in [0.05, 0.1) is 23.1 Å². The van der Waals surface area contributed by atoms with E-state index in [-0.39, 0.29) is 22.5 Å². The Kier molecular flexibility index (Phi) is 6.94. The van der Waals surface area contributed by atoms with Gasteiger partial charge in [-0.1, -0.05) is 30.3 Å². The van der Waals surface area contributed by atoms with Gasteiger partial charge in [0.1, 0.15) is 0 Å². The number of amides is 1. The third-order valence-electron chi connectivity index (χ3n) is 4.40. The summed E-state index contributed by atoms with van der Waals surface area (Å²) in [4.78, 5) is 49.6. The topological polar surface area (TPSA) is 98.8 Å². The summed E-state index contributed by atoms with van der Waals surface area (Å²) in [5.74, 6) is -2.19. The number of methoxy groups -OCH3 is 1. The van der Waals surface area contributed by atoms with Crippen LogP contribution in [-0.2, 0) is 14.3 Å². The number of nitrogens with one attached hydrogen (secondary N) is 1. The Balaban J connectivity index is 1.68. The molecule has 8 heteroatoms. The van der Waals surface area contributed by atoms with E-state index in [1.165, 1.54) is 30.6 Å². The molecule has 2 aromatic carbocycles. The van der Waals surface area contributed by atoms with Crippen molar-refractivity contribution in [3.05, 3.63) is 87.1 Å². The number of thiophene rings is 1. The molecule has 0 aliphatic heterocycles. The van der Waals surface area contributed by atoms with Crippen molar-refractivity contribution in [2.45, 2.75) is 6.92 Å². The van der Waals surface area contributed by atoms with E-state index >= 15 is 0 Å². The summed E-state index contributed by atoms with van der Waals surface area (Å²) in [6.45, 7) is 1.21. The van der Waals surface area contributed by atoms with Crippen molar-refractivity contribution in [2.75, 3.05) is 19.0 Å². The highest BCUT2D eigenvalue weighted by Crippen LogP contribution is 2.20. The Bertz CT molecular complexity index is 1140. The number of ketones is 1. The fraction of sp³-hybridized carbons (Fsp3) is 0.130. The number of esters is 2. The van der Waals surface area contributed by atoms with E-state index in [1.54, 1.807) is 54.8 Å². The number of carbonyl (C=O) groups is 4. The van der Waals surface area contributed by atoms with Gasteiger partial charge in [0, 0.05) is 11.3 Å². The van der Waals surface area contributed by atoms with E-state index in [0.717, 1.165) is 5.56 Å². The van der Waals surface area contributed by atoms with Gasteiger partial charge in [-0.25, -0.2) is 9.59 Å². The second-order valence-corrected chi connectivity index (χ2v) is 7.45. The smallest absolute Gasteiger partial charge is 0.339 e. The van der Waals surface area contributed by atoms with Gasteiger partial charge < -0.3 is 14.8 Å². The first-order valence-corrected chi connectivity index (χ1v) is 10.1. The average Bonchev–Trinajstić information content (AvgIpc) is 3.33. The lowest BCUT2D eigenvalue weighted by Gasteiger charge is -2.11. The summed E-state index contributed by atoms with van der Waals surface area (Å²) in [6, 6.07) is 14.4. The molecular formula is C23H19NO6S. The van der Waals surface area contributed by atoms with Crippen molar-refractivity contribution in [1.29, 1.82) is 0 Å². The van der Waals surface area contributed by atoms with Crippen LogP contribution in [0, 0.1) is 6.92 Å². The SMILES string of the molecule is COC(=O)c1ccc(C)c(NC(=O)COC(=O)c2ccccc2C(=O)c2cccs2)c1. The number of hydrogen-bond donors (Lipinski definition) is 1. The van der Waals surface area contributed by atoms with Crippen LogP contribution in [0.25, 0.3) is 0 Å². The first kappa shape index (κ1) is 21.9. The minimum atomic E-state index is -0.782. The molecule has 0 radical (unpaired) electrons. The number of hydrogen-bond acceptors (Lipinski definition) is 7. The molecule has 7 nitrogen and oxygen atoms in total.